The number of methoxy groups -OCH3 is 1. The number of alkyl halides is 2. The lowest BCUT2D eigenvalue weighted by molar-refractivity contribution is -0.127. The zero-order chi connectivity index (χ0) is 21.5. The van der Waals surface area contributed by atoms with E-state index in [4.69, 9.17) is 9.47 Å². The van der Waals surface area contributed by atoms with Crippen LogP contribution in [0.15, 0.2) is 36.5 Å². The average molecular weight is 423 g/mol. The second-order valence-corrected chi connectivity index (χ2v) is 7.19. The molecule has 0 spiro atoms. The Labute approximate surface area is 174 Å². The van der Waals surface area contributed by atoms with E-state index < -0.39 is 6.61 Å². The molecule has 164 valence electrons. The normalized spacial score (nSPS) is 19.8. The molecule has 2 heterocycles. The smallest absolute Gasteiger partial charge is 0.387 e. The van der Waals surface area contributed by atoms with Gasteiger partial charge in [-0.3, -0.25) is 9.48 Å². The molecular weight excluding hydrogens is 396 g/mol. The Morgan fingerprint density at radius 2 is 2.23 bits per heavy atom. The van der Waals surface area contributed by atoms with E-state index in [1.54, 1.807) is 32.4 Å². The molecule has 0 bridgehead atoms. The molecule has 30 heavy (non-hydrogen) atoms. The molecule has 1 saturated heterocycles. The Bertz CT molecular complexity index is 830. The minimum atomic E-state index is -2.89. The lowest BCUT2D eigenvalue weighted by atomic mass is 9.97. The number of ether oxygens (including phenoxy) is 3. The van der Waals surface area contributed by atoms with Crippen molar-refractivity contribution in [2.45, 2.75) is 45.1 Å². The molecule has 1 aliphatic heterocycles. The van der Waals surface area contributed by atoms with Gasteiger partial charge in [-0.2, -0.15) is 13.9 Å². The van der Waals surface area contributed by atoms with Crippen LogP contribution in [0.4, 0.5) is 8.78 Å². The highest BCUT2D eigenvalue weighted by Crippen LogP contribution is 2.35. The summed E-state index contributed by atoms with van der Waals surface area (Å²) in [7, 11) is 1.65. The second-order valence-electron chi connectivity index (χ2n) is 7.19. The SMILES string of the molecule is COCCCn1nccc1[C@H]1OCC[C@@H]1C(=O)N[C@H](C)c1cccc(OC(F)F)c1. The van der Waals surface area contributed by atoms with E-state index in [0.29, 0.717) is 31.7 Å². The molecule has 0 saturated carbocycles. The molecule has 1 aliphatic rings. The number of hydrogen-bond donors (Lipinski definition) is 1. The molecule has 1 fully saturated rings. The number of aromatic nitrogens is 2. The van der Waals surface area contributed by atoms with Gasteiger partial charge in [0, 0.05) is 33.1 Å². The summed E-state index contributed by atoms with van der Waals surface area (Å²) in [6.45, 7) is 0.700. The third-order valence-corrected chi connectivity index (χ3v) is 5.13. The van der Waals surface area contributed by atoms with Crippen molar-refractivity contribution in [1.82, 2.24) is 15.1 Å². The second kappa shape index (κ2) is 10.5. The Morgan fingerprint density at radius 3 is 3.00 bits per heavy atom. The van der Waals surface area contributed by atoms with E-state index in [1.165, 1.54) is 12.1 Å². The van der Waals surface area contributed by atoms with Crippen molar-refractivity contribution >= 4 is 5.91 Å². The highest BCUT2D eigenvalue weighted by Gasteiger charge is 2.37. The van der Waals surface area contributed by atoms with Crippen molar-refractivity contribution in [3.8, 4) is 5.75 Å². The van der Waals surface area contributed by atoms with Crippen LogP contribution in [-0.4, -0.2) is 42.6 Å². The van der Waals surface area contributed by atoms with Gasteiger partial charge in [-0.1, -0.05) is 12.1 Å². The van der Waals surface area contributed by atoms with Gasteiger partial charge in [0.1, 0.15) is 11.9 Å². The molecule has 3 rings (SSSR count). The quantitative estimate of drug-likeness (QED) is 0.593. The largest absolute Gasteiger partial charge is 0.435 e. The number of nitrogens with one attached hydrogen (secondary N) is 1. The summed E-state index contributed by atoms with van der Waals surface area (Å²) in [4.78, 5) is 13.0. The number of rotatable bonds is 10. The Hall–Kier alpha value is -2.52. The van der Waals surface area contributed by atoms with E-state index in [0.717, 1.165) is 12.1 Å². The number of aryl methyl sites for hydroxylation is 1. The summed E-state index contributed by atoms with van der Waals surface area (Å²) in [6, 6.07) is 7.84. The number of halogens is 2. The molecule has 1 N–H and O–H groups in total. The van der Waals surface area contributed by atoms with E-state index in [1.807, 2.05) is 10.7 Å². The number of benzene rings is 1. The van der Waals surface area contributed by atoms with Crippen molar-refractivity contribution in [3.63, 3.8) is 0 Å². The van der Waals surface area contributed by atoms with Crippen LogP contribution < -0.4 is 10.1 Å². The number of amides is 1. The van der Waals surface area contributed by atoms with Gasteiger partial charge < -0.3 is 19.5 Å². The number of hydrogen-bond acceptors (Lipinski definition) is 5. The van der Waals surface area contributed by atoms with E-state index in [-0.39, 0.29) is 29.7 Å². The molecular formula is C21H27F2N3O4. The maximum absolute atomic E-state index is 13.0. The topological polar surface area (TPSA) is 74.6 Å². The summed E-state index contributed by atoms with van der Waals surface area (Å²) in [5.74, 6) is -0.439. The first-order chi connectivity index (χ1) is 14.5. The lowest BCUT2D eigenvalue weighted by Gasteiger charge is -2.22. The fourth-order valence-corrected chi connectivity index (χ4v) is 3.64. The summed E-state index contributed by atoms with van der Waals surface area (Å²) in [5, 5.41) is 7.31. The molecule has 3 atom stereocenters. The number of nitrogens with zero attached hydrogens (tertiary/aromatic N) is 2. The van der Waals surface area contributed by atoms with Crippen LogP contribution >= 0.6 is 0 Å². The molecule has 1 amide bonds. The van der Waals surface area contributed by atoms with Gasteiger partial charge in [-0.25, -0.2) is 0 Å². The third-order valence-electron chi connectivity index (χ3n) is 5.13. The summed E-state index contributed by atoms with van der Waals surface area (Å²) in [5.41, 5.74) is 1.55. The summed E-state index contributed by atoms with van der Waals surface area (Å²) < 4.78 is 42.2. The Balaban J connectivity index is 1.66. The van der Waals surface area contributed by atoms with Crippen molar-refractivity contribution in [3.05, 3.63) is 47.8 Å². The van der Waals surface area contributed by atoms with Gasteiger partial charge >= 0.3 is 6.61 Å². The van der Waals surface area contributed by atoms with Gasteiger partial charge in [0.15, 0.2) is 0 Å². The lowest BCUT2D eigenvalue weighted by Crippen LogP contribution is -2.34. The zero-order valence-corrected chi connectivity index (χ0v) is 17.1. The first kappa shape index (κ1) is 22.2. The molecule has 1 aromatic carbocycles. The molecule has 0 aliphatic carbocycles. The minimum absolute atomic E-state index is 0.0608. The summed E-state index contributed by atoms with van der Waals surface area (Å²) >= 11 is 0. The molecule has 7 nitrogen and oxygen atoms in total. The monoisotopic (exact) mass is 423 g/mol. The number of carbonyl (C=O) groups excluding carboxylic acids is 1. The maximum Gasteiger partial charge on any atom is 0.387 e. The number of carbonyl (C=O) groups is 1. The van der Waals surface area contributed by atoms with Gasteiger partial charge in [-0.15, -0.1) is 0 Å². The minimum Gasteiger partial charge on any atom is -0.435 e. The van der Waals surface area contributed by atoms with Gasteiger partial charge in [0.05, 0.1) is 17.7 Å². The third kappa shape index (κ3) is 5.54. The molecule has 2 aromatic rings. The van der Waals surface area contributed by atoms with Crippen molar-refractivity contribution in [2.75, 3.05) is 20.3 Å². The Kier molecular flexibility index (Phi) is 7.75. The van der Waals surface area contributed by atoms with Crippen LogP contribution in [0.5, 0.6) is 5.75 Å². The fourth-order valence-electron chi connectivity index (χ4n) is 3.64. The van der Waals surface area contributed by atoms with Crippen LogP contribution in [-0.2, 0) is 20.8 Å². The standard InChI is InChI=1S/C21H27F2N3O4/c1-14(15-5-3-6-16(13-15)30-21(22)23)25-20(27)17-8-12-29-19(17)18-7-9-24-26(18)10-4-11-28-2/h3,5-7,9,13-14,17,19,21H,4,8,10-12H2,1-2H3,(H,25,27)/t14-,17+,19+/m1/s1. The van der Waals surface area contributed by atoms with E-state index >= 15 is 0 Å². The van der Waals surface area contributed by atoms with Crippen molar-refractivity contribution in [2.24, 2.45) is 5.92 Å². The van der Waals surface area contributed by atoms with E-state index in [9.17, 15) is 13.6 Å². The average Bonchev–Trinajstić information content (AvgIpc) is 3.36. The fraction of sp³-hybridized carbons (Fsp3) is 0.524. The highest BCUT2D eigenvalue weighted by molar-refractivity contribution is 5.80. The summed E-state index contributed by atoms with van der Waals surface area (Å²) in [6.07, 6.45) is 2.73. The first-order valence-electron chi connectivity index (χ1n) is 9.97. The van der Waals surface area contributed by atoms with Crippen LogP contribution in [0, 0.1) is 5.92 Å². The predicted octanol–water partition coefficient (Wildman–Crippen LogP) is 3.48. The first-order valence-corrected chi connectivity index (χ1v) is 9.97. The van der Waals surface area contributed by atoms with Crippen molar-refractivity contribution in [1.29, 1.82) is 0 Å². The van der Waals surface area contributed by atoms with E-state index in [2.05, 4.69) is 15.2 Å². The van der Waals surface area contributed by atoms with Crippen LogP contribution in [0.25, 0.3) is 0 Å². The van der Waals surface area contributed by atoms with Crippen LogP contribution in [0.2, 0.25) is 0 Å². The predicted molar refractivity (Wildman–Crippen MR) is 105 cm³/mol. The van der Waals surface area contributed by atoms with Crippen LogP contribution in [0.1, 0.15) is 43.2 Å². The Morgan fingerprint density at radius 1 is 1.40 bits per heavy atom. The molecule has 9 heteroatoms. The maximum atomic E-state index is 13.0. The van der Waals surface area contributed by atoms with Crippen molar-refractivity contribution < 1.29 is 27.8 Å². The van der Waals surface area contributed by atoms with Gasteiger partial charge in [0.2, 0.25) is 5.91 Å². The zero-order valence-electron chi connectivity index (χ0n) is 17.1. The molecule has 0 radical (unpaired) electrons. The van der Waals surface area contributed by atoms with Gasteiger partial charge in [0.25, 0.3) is 0 Å². The molecule has 0 unspecified atom stereocenters. The highest BCUT2D eigenvalue weighted by atomic mass is 19.3. The van der Waals surface area contributed by atoms with Gasteiger partial charge in [-0.05, 0) is 43.5 Å². The molecule has 1 aromatic heterocycles. The van der Waals surface area contributed by atoms with Crippen LogP contribution in [0.3, 0.4) is 0 Å².